The van der Waals surface area contributed by atoms with Crippen molar-refractivity contribution in [2.24, 2.45) is 5.73 Å². The fraction of sp³-hybridized carbons (Fsp3) is 0.250. The van der Waals surface area contributed by atoms with E-state index >= 15 is 0 Å². The number of benzene rings is 1. The molecule has 5 heteroatoms. The molecule has 0 radical (unpaired) electrons. The van der Waals surface area contributed by atoms with Gasteiger partial charge in [-0.3, -0.25) is 4.79 Å². The molecule has 3 N–H and O–H groups in total. The van der Waals surface area contributed by atoms with Crippen molar-refractivity contribution < 1.29 is 9.53 Å². The molecule has 2 rings (SSSR count). The van der Waals surface area contributed by atoms with Gasteiger partial charge in [-0.15, -0.1) is 0 Å². The Bertz CT molecular complexity index is 597. The Balaban J connectivity index is 1.98. The molecule has 0 atom stereocenters. The first kappa shape index (κ1) is 15.0. The highest BCUT2D eigenvalue weighted by molar-refractivity contribution is 5.92. The Morgan fingerprint density at radius 2 is 2.05 bits per heavy atom. The summed E-state index contributed by atoms with van der Waals surface area (Å²) < 4.78 is 5.37. The van der Waals surface area contributed by atoms with E-state index in [-0.39, 0.29) is 12.3 Å². The van der Waals surface area contributed by atoms with E-state index in [1.807, 2.05) is 37.3 Å². The zero-order chi connectivity index (χ0) is 15.1. The SMILES string of the molecule is CCOc1ccc(CC(=O)Nc2ncccc2CN)cc1. The Kier molecular flexibility index (Phi) is 5.29. The number of carbonyl (C=O) groups excluding carboxylic acids is 1. The number of nitrogens with one attached hydrogen (secondary N) is 1. The van der Waals surface area contributed by atoms with Crippen molar-refractivity contribution in [1.29, 1.82) is 0 Å². The molecule has 0 unspecified atom stereocenters. The van der Waals surface area contributed by atoms with Gasteiger partial charge in [0.2, 0.25) is 5.91 Å². The summed E-state index contributed by atoms with van der Waals surface area (Å²) in [5, 5.41) is 2.79. The minimum atomic E-state index is -0.118. The van der Waals surface area contributed by atoms with E-state index in [9.17, 15) is 4.79 Å². The summed E-state index contributed by atoms with van der Waals surface area (Å²) in [5.74, 6) is 1.21. The molecule has 5 nitrogen and oxygen atoms in total. The van der Waals surface area contributed by atoms with Crippen LogP contribution in [-0.4, -0.2) is 17.5 Å². The maximum atomic E-state index is 12.0. The predicted molar refractivity (Wildman–Crippen MR) is 82.1 cm³/mol. The second-order valence-electron chi connectivity index (χ2n) is 4.52. The molecule has 0 saturated carbocycles. The van der Waals surface area contributed by atoms with Gasteiger partial charge < -0.3 is 15.8 Å². The van der Waals surface area contributed by atoms with E-state index < -0.39 is 0 Å². The lowest BCUT2D eigenvalue weighted by atomic mass is 10.1. The Hall–Kier alpha value is -2.40. The van der Waals surface area contributed by atoms with E-state index in [2.05, 4.69) is 10.3 Å². The fourth-order valence-electron chi connectivity index (χ4n) is 1.95. The number of rotatable bonds is 6. The van der Waals surface area contributed by atoms with Crippen LogP contribution in [0.3, 0.4) is 0 Å². The predicted octanol–water partition coefficient (Wildman–Crippen LogP) is 2.12. The maximum Gasteiger partial charge on any atom is 0.229 e. The molecule has 0 aliphatic heterocycles. The van der Waals surface area contributed by atoms with E-state index in [4.69, 9.17) is 10.5 Å². The van der Waals surface area contributed by atoms with Crippen LogP contribution in [-0.2, 0) is 17.8 Å². The summed E-state index contributed by atoms with van der Waals surface area (Å²) in [7, 11) is 0. The van der Waals surface area contributed by atoms with Gasteiger partial charge >= 0.3 is 0 Å². The zero-order valence-electron chi connectivity index (χ0n) is 12.0. The molecule has 0 aliphatic rings. The number of nitrogens with two attached hydrogens (primary N) is 1. The molecular formula is C16H19N3O2. The highest BCUT2D eigenvalue weighted by Gasteiger charge is 2.08. The van der Waals surface area contributed by atoms with Crippen LogP contribution in [0.1, 0.15) is 18.1 Å². The number of carbonyl (C=O) groups is 1. The van der Waals surface area contributed by atoms with Gasteiger partial charge in [-0.1, -0.05) is 18.2 Å². The largest absolute Gasteiger partial charge is 0.494 e. The molecule has 0 spiro atoms. The molecule has 1 aromatic heterocycles. The van der Waals surface area contributed by atoms with Crippen LogP contribution >= 0.6 is 0 Å². The van der Waals surface area contributed by atoms with Gasteiger partial charge in [0.1, 0.15) is 11.6 Å². The van der Waals surface area contributed by atoms with Gasteiger partial charge in [-0.2, -0.15) is 0 Å². The summed E-state index contributed by atoms with van der Waals surface area (Å²) in [6.07, 6.45) is 1.92. The van der Waals surface area contributed by atoms with Gasteiger partial charge in [0, 0.05) is 18.3 Å². The number of anilines is 1. The molecule has 0 saturated heterocycles. The van der Waals surface area contributed by atoms with Gasteiger partial charge in [0.15, 0.2) is 0 Å². The van der Waals surface area contributed by atoms with Crippen molar-refractivity contribution in [1.82, 2.24) is 4.98 Å². The molecular weight excluding hydrogens is 266 g/mol. The number of hydrogen-bond acceptors (Lipinski definition) is 4. The summed E-state index contributed by atoms with van der Waals surface area (Å²) in [6.45, 7) is 2.90. The number of pyridine rings is 1. The van der Waals surface area contributed by atoms with Crippen molar-refractivity contribution in [3.05, 3.63) is 53.7 Å². The molecule has 0 aliphatic carbocycles. The monoisotopic (exact) mass is 285 g/mol. The van der Waals surface area contributed by atoms with Crippen molar-refractivity contribution >= 4 is 11.7 Å². The minimum Gasteiger partial charge on any atom is -0.494 e. The number of nitrogens with zero attached hydrogens (tertiary/aromatic N) is 1. The first-order valence-electron chi connectivity index (χ1n) is 6.88. The van der Waals surface area contributed by atoms with Crippen LogP contribution in [0.2, 0.25) is 0 Å². The standard InChI is InChI=1S/C16H19N3O2/c1-2-21-14-7-5-12(6-8-14)10-15(20)19-16-13(11-17)4-3-9-18-16/h3-9H,2,10-11,17H2,1H3,(H,18,19,20). The third-order valence-corrected chi connectivity index (χ3v) is 2.97. The first-order chi connectivity index (χ1) is 10.2. The van der Waals surface area contributed by atoms with Crippen molar-refractivity contribution in [3.63, 3.8) is 0 Å². The van der Waals surface area contributed by atoms with Crippen LogP contribution in [0.4, 0.5) is 5.82 Å². The summed E-state index contributed by atoms with van der Waals surface area (Å²) in [6, 6.07) is 11.1. The molecule has 1 amide bonds. The topological polar surface area (TPSA) is 77.2 Å². The first-order valence-corrected chi connectivity index (χ1v) is 6.88. The van der Waals surface area contributed by atoms with Crippen LogP contribution in [0.5, 0.6) is 5.75 Å². The van der Waals surface area contributed by atoms with Gasteiger partial charge in [-0.05, 0) is 30.7 Å². The third-order valence-electron chi connectivity index (χ3n) is 2.97. The van der Waals surface area contributed by atoms with Crippen LogP contribution in [0.15, 0.2) is 42.6 Å². The summed E-state index contributed by atoms with van der Waals surface area (Å²) in [5.41, 5.74) is 7.35. The average molecular weight is 285 g/mol. The van der Waals surface area contributed by atoms with Crippen molar-refractivity contribution in [2.45, 2.75) is 19.9 Å². The van der Waals surface area contributed by atoms with Crippen molar-refractivity contribution in [2.75, 3.05) is 11.9 Å². The molecule has 110 valence electrons. The molecule has 1 aromatic carbocycles. The summed E-state index contributed by atoms with van der Waals surface area (Å²) >= 11 is 0. The lowest BCUT2D eigenvalue weighted by molar-refractivity contribution is -0.115. The normalized spacial score (nSPS) is 10.2. The number of aromatic nitrogens is 1. The number of ether oxygens (including phenoxy) is 1. The van der Waals surface area contributed by atoms with Gasteiger partial charge in [-0.25, -0.2) is 4.98 Å². The molecule has 21 heavy (non-hydrogen) atoms. The van der Waals surface area contributed by atoms with E-state index in [1.54, 1.807) is 12.3 Å². The lowest BCUT2D eigenvalue weighted by Gasteiger charge is -2.09. The number of amides is 1. The Morgan fingerprint density at radius 1 is 1.29 bits per heavy atom. The Labute approximate surface area is 124 Å². The van der Waals surface area contributed by atoms with Gasteiger partial charge in [0.05, 0.1) is 13.0 Å². The molecule has 2 aromatic rings. The van der Waals surface area contributed by atoms with Gasteiger partial charge in [0.25, 0.3) is 0 Å². The average Bonchev–Trinajstić information content (AvgIpc) is 2.50. The molecule has 0 bridgehead atoms. The van der Waals surface area contributed by atoms with E-state index in [1.165, 1.54) is 0 Å². The zero-order valence-corrected chi connectivity index (χ0v) is 12.0. The molecule has 1 heterocycles. The smallest absolute Gasteiger partial charge is 0.229 e. The van der Waals surface area contributed by atoms with Crippen LogP contribution in [0.25, 0.3) is 0 Å². The highest BCUT2D eigenvalue weighted by atomic mass is 16.5. The second-order valence-corrected chi connectivity index (χ2v) is 4.52. The van der Waals surface area contributed by atoms with Crippen LogP contribution in [0, 0.1) is 0 Å². The highest BCUT2D eigenvalue weighted by Crippen LogP contribution is 2.14. The Morgan fingerprint density at radius 3 is 2.71 bits per heavy atom. The van der Waals surface area contributed by atoms with Crippen LogP contribution < -0.4 is 15.8 Å². The third kappa shape index (κ3) is 4.29. The summed E-state index contributed by atoms with van der Waals surface area (Å²) in [4.78, 5) is 16.2. The maximum absolute atomic E-state index is 12.0. The quantitative estimate of drug-likeness (QED) is 0.852. The van der Waals surface area contributed by atoms with Crippen molar-refractivity contribution in [3.8, 4) is 5.75 Å². The lowest BCUT2D eigenvalue weighted by Crippen LogP contribution is -2.17. The minimum absolute atomic E-state index is 0.118. The molecule has 0 fully saturated rings. The van der Waals surface area contributed by atoms with E-state index in [0.29, 0.717) is 19.0 Å². The fourth-order valence-corrected chi connectivity index (χ4v) is 1.95. The second kappa shape index (κ2) is 7.40. The van der Waals surface area contributed by atoms with E-state index in [0.717, 1.165) is 16.9 Å². The number of hydrogen-bond donors (Lipinski definition) is 2.